The van der Waals surface area contributed by atoms with Crippen molar-refractivity contribution in [3.8, 4) is 17.6 Å². The Morgan fingerprint density at radius 3 is 2.08 bits per heavy atom. The third-order valence-corrected chi connectivity index (χ3v) is 12.5. The van der Waals surface area contributed by atoms with Crippen LogP contribution in [0, 0.1) is 6.07 Å². The number of aromatic nitrogens is 4. The van der Waals surface area contributed by atoms with Crippen molar-refractivity contribution in [2.24, 2.45) is 0 Å². The van der Waals surface area contributed by atoms with Crippen molar-refractivity contribution in [1.82, 2.24) is 24.2 Å². The second-order valence-electron chi connectivity index (χ2n) is 15.4. The fraction of sp³-hybridized carbons (Fsp3) is 0.340. The van der Waals surface area contributed by atoms with Gasteiger partial charge in [-0.1, -0.05) is 77.6 Å². The fourth-order valence-corrected chi connectivity index (χ4v) is 9.50. The molecular formula is C47H53N7O7P+. The number of ether oxygens (including phenoxy) is 3. The van der Waals surface area contributed by atoms with E-state index in [0.717, 1.165) is 16.7 Å². The Bertz CT molecular complexity index is 2410. The molecule has 1 aliphatic rings. The van der Waals surface area contributed by atoms with Crippen LogP contribution in [0.15, 0.2) is 122 Å². The molecule has 14 nitrogen and oxygen atoms in total. The van der Waals surface area contributed by atoms with Gasteiger partial charge in [0.1, 0.15) is 48.2 Å². The molecule has 1 saturated heterocycles. The highest BCUT2D eigenvalue weighted by Gasteiger charge is 2.55. The van der Waals surface area contributed by atoms with Crippen LogP contribution in [0.1, 0.15) is 73.8 Å². The van der Waals surface area contributed by atoms with Gasteiger partial charge in [-0.05, 0) is 66.9 Å². The van der Waals surface area contributed by atoms with Crippen molar-refractivity contribution < 1.29 is 33.2 Å². The number of amides is 1. The molecule has 0 aliphatic carbocycles. The van der Waals surface area contributed by atoms with Gasteiger partial charge in [-0.25, -0.2) is 15.0 Å². The number of aliphatic hydroxyl groups excluding tert-OH is 1. The van der Waals surface area contributed by atoms with E-state index in [1.807, 2.05) is 125 Å². The van der Waals surface area contributed by atoms with E-state index in [-0.39, 0.29) is 36.8 Å². The number of nitrogens with zero attached hydrogens (tertiary/aromatic N) is 6. The molecule has 0 saturated carbocycles. The largest absolute Gasteiger partial charge is 0.497 e. The smallest absolute Gasteiger partial charge is 0.293 e. The summed E-state index contributed by atoms with van der Waals surface area (Å²) in [6.45, 7) is 7.95. The number of carbonyl (C=O) groups excluding carboxylic acids is 1. The number of nitrogen functional groups attached to an aromatic ring is 1. The lowest BCUT2D eigenvalue weighted by atomic mass is 9.64. The summed E-state index contributed by atoms with van der Waals surface area (Å²) in [7, 11) is 0.965. The molecule has 1 fully saturated rings. The van der Waals surface area contributed by atoms with Crippen molar-refractivity contribution in [2.75, 3.05) is 26.6 Å². The molecule has 6 aromatic rings. The third-order valence-electron chi connectivity index (χ3n) is 10.7. The van der Waals surface area contributed by atoms with Gasteiger partial charge in [-0.15, -0.1) is 0 Å². The summed E-state index contributed by atoms with van der Waals surface area (Å²) in [5.41, 5.74) is 8.71. The quantitative estimate of drug-likeness (QED) is 0.0546. The summed E-state index contributed by atoms with van der Waals surface area (Å²) in [4.78, 5) is 32.3. The van der Waals surface area contributed by atoms with Gasteiger partial charge >= 0.3 is 0 Å². The van der Waals surface area contributed by atoms with Gasteiger partial charge in [0, 0.05) is 31.9 Å². The van der Waals surface area contributed by atoms with Crippen LogP contribution < -0.4 is 15.2 Å². The Kier molecular flexibility index (Phi) is 14.1. The molecule has 0 radical (unpaired) electrons. The first kappa shape index (κ1) is 44.1. The van der Waals surface area contributed by atoms with E-state index in [4.69, 9.17) is 29.0 Å². The molecule has 3 heterocycles. The Hall–Kier alpha value is -5.94. The minimum Gasteiger partial charge on any atom is -0.497 e. The first-order valence-electron chi connectivity index (χ1n) is 20.6. The normalized spacial score (nSPS) is 17.4. The lowest BCUT2D eigenvalue weighted by Crippen LogP contribution is -2.53. The zero-order valence-electron chi connectivity index (χ0n) is 35.7. The molecule has 2 aromatic heterocycles. The number of benzene rings is 4. The van der Waals surface area contributed by atoms with Gasteiger partial charge in [0.05, 0.1) is 38.7 Å². The van der Waals surface area contributed by atoms with Gasteiger partial charge < -0.3 is 34.1 Å². The zero-order valence-corrected chi connectivity index (χ0v) is 36.6. The van der Waals surface area contributed by atoms with Crippen molar-refractivity contribution >= 4 is 31.4 Å². The van der Waals surface area contributed by atoms with Gasteiger partial charge in [-0.3, -0.25) is 14.0 Å². The number of carbonyl (C=O) groups is 1. The predicted octanol–water partition coefficient (Wildman–Crippen LogP) is 8.42. The van der Waals surface area contributed by atoms with Crippen LogP contribution in [0.4, 0.5) is 5.82 Å². The average molecular weight is 859 g/mol. The summed E-state index contributed by atoms with van der Waals surface area (Å²) < 4.78 is 36.1. The highest BCUT2D eigenvalue weighted by Crippen LogP contribution is 2.56. The minimum atomic E-state index is -2.27. The zero-order chi connectivity index (χ0) is 43.8. The van der Waals surface area contributed by atoms with E-state index in [9.17, 15) is 9.90 Å². The van der Waals surface area contributed by atoms with Gasteiger partial charge in [0.15, 0.2) is 11.5 Å². The summed E-state index contributed by atoms with van der Waals surface area (Å²) in [6, 6.07) is 37.3. The van der Waals surface area contributed by atoms with Gasteiger partial charge in [-0.2, -0.15) is 0 Å². The molecule has 5 atom stereocenters. The van der Waals surface area contributed by atoms with Crippen molar-refractivity contribution in [1.29, 1.82) is 0 Å². The Morgan fingerprint density at radius 1 is 0.903 bits per heavy atom. The lowest BCUT2D eigenvalue weighted by molar-refractivity contribution is -0.0890. The summed E-state index contributed by atoms with van der Waals surface area (Å²) in [5.74, 6) is 1.25. The number of nitrogens with two attached hydrogens (primary N) is 1. The average Bonchev–Trinajstić information content (AvgIpc) is 3.90. The van der Waals surface area contributed by atoms with Crippen LogP contribution >= 0.6 is 8.53 Å². The molecule has 62 heavy (non-hydrogen) atoms. The molecule has 3 N–H and O–H groups in total. The van der Waals surface area contributed by atoms with E-state index in [0.29, 0.717) is 34.6 Å². The van der Waals surface area contributed by atoms with Crippen LogP contribution in [0.5, 0.6) is 11.5 Å². The topological polar surface area (TPSA) is 161 Å². The van der Waals surface area contributed by atoms with Crippen LogP contribution in [0.3, 0.4) is 0 Å². The van der Waals surface area contributed by atoms with Crippen LogP contribution in [0.2, 0.25) is 0 Å². The monoisotopic (exact) mass is 858 g/mol. The van der Waals surface area contributed by atoms with E-state index in [2.05, 4.69) is 25.9 Å². The molecule has 4 aromatic carbocycles. The molecule has 2 unspecified atom stereocenters. The molecular weight excluding hydrogens is 806 g/mol. The first-order valence-corrected chi connectivity index (χ1v) is 21.7. The Labute approximate surface area is 363 Å². The van der Waals surface area contributed by atoms with E-state index >= 15 is 0 Å². The third kappa shape index (κ3) is 9.14. The molecule has 0 spiro atoms. The van der Waals surface area contributed by atoms with Gasteiger partial charge in [0.25, 0.3) is 26.5 Å². The summed E-state index contributed by atoms with van der Waals surface area (Å²) in [6.07, 6.45) is -0.547. The number of methoxy groups -OCH3 is 2. The van der Waals surface area contributed by atoms with Crippen LogP contribution in [-0.4, -0.2) is 86.4 Å². The number of hydrogen-bond acceptors (Lipinski definition) is 11. The highest BCUT2D eigenvalue weighted by molar-refractivity contribution is 7.45. The lowest BCUT2D eigenvalue weighted by Gasteiger charge is -2.47. The molecule has 15 heteroatoms. The molecule has 1 aliphatic heterocycles. The Balaban J connectivity index is 1.47. The summed E-state index contributed by atoms with van der Waals surface area (Å²) >= 11 is 0. The second-order valence-corrected chi connectivity index (χ2v) is 16.8. The van der Waals surface area contributed by atoms with E-state index in [1.165, 1.54) is 6.33 Å². The number of fused-ring (bicyclic) bond motifs is 1. The highest BCUT2D eigenvalue weighted by atomic mass is 31.2. The number of anilines is 1. The minimum absolute atomic E-state index is 0.0499. The van der Waals surface area contributed by atoms with Crippen LogP contribution in [0.25, 0.3) is 16.0 Å². The number of imidazole rings is 1. The van der Waals surface area contributed by atoms with E-state index < -0.39 is 38.5 Å². The van der Waals surface area contributed by atoms with E-state index in [1.54, 1.807) is 41.9 Å². The standard InChI is InChI=1S/C47H53N7O7P/c1-31(2)49-26-13-27-59-62(54(32(3)4)46(56)33-14-9-7-10-15-33)61-43(42-39(55)28-40(60-42)53-30-52-41-44(48)50-29-51-45(41)53)47(34-16-11-8-12-17-34,35-18-22-37(57-5)23-19-35)36-20-24-38(58-6)25-21-36/h7-12,14-25,29-32,39-40,42-43,55H,13,27-28H2,1-6H3,(H2,48,50,51)/q+1/t39-,40+,42-,43?,62?/m0/s1. The van der Waals surface area contributed by atoms with Crippen molar-refractivity contribution in [3.05, 3.63) is 149 Å². The molecule has 0 bridgehead atoms. The SMILES string of the molecule is COc1ccc(C(c2ccccc2)(c2ccc(OC)cc2)C(OP(OCCC#[N+]C(C)C)N(C(=O)c2ccccc2)C(C)C)[C@H]2O[C@@H](n3cnc4c(N)ncnc43)C[C@@H]2O)cc1. The number of aliphatic hydroxyl groups is 1. The maximum atomic E-state index is 14.7. The molecule has 1 amide bonds. The number of hydrogen-bond donors (Lipinski definition) is 2. The van der Waals surface area contributed by atoms with Crippen molar-refractivity contribution in [2.45, 2.75) is 82.6 Å². The van der Waals surface area contributed by atoms with Crippen molar-refractivity contribution in [3.63, 3.8) is 0 Å². The van der Waals surface area contributed by atoms with Gasteiger partial charge in [0.2, 0.25) is 0 Å². The first-order chi connectivity index (χ1) is 30.1. The van der Waals surface area contributed by atoms with Crippen LogP contribution in [-0.2, 0) is 19.2 Å². The molecule has 7 rings (SSSR count). The maximum Gasteiger partial charge on any atom is 0.293 e. The second kappa shape index (κ2) is 19.8. The predicted molar refractivity (Wildman–Crippen MR) is 239 cm³/mol. The fourth-order valence-electron chi connectivity index (χ4n) is 7.86. The summed E-state index contributed by atoms with van der Waals surface area (Å²) in [5, 5.41) is 12.5. The Morgan fingerprint density at radius 2 is 1.50 bits per heavy atom. The molecule has 322 valence electrons. The maximum absolute atomic E-state index is 14.7. The number of rotatable bonds is 16.